The van der Waals surface area contributed by atoms with Gasteiger partial charge in [0.15, 0.2) is 0 Å². The summed E-state index contributed by atoms with van der Waals surface area (Å²) < 4.78 is 0. The lowest BCUT2D eigenvalue weighted by molar-refractivity contribution is 0.832. The first-order valence-corrected chi connectivity index (χ1v) is 4.16. The van der Waals surface area contributed by atoms with Crippen molar-refractivity contribution in [1.82, 2.24) is 10.2 Å². The first-order valence-electron chi connectivity index (χ1n) is 3.34. The Morgan fingerprint density at radius 3 is 2.91 bits per heavy atom. The molecule has 0 fully saturated rings. The molecule has 0 aromatic carbocycles. The van der Waals surface area contributed by atoms with Crippen LogP contribution in [-0.4, -0.2) is 10.2 Å². The van der Waals surface area contributed by atoms with E-state index in [1.807, 2.05) is 0 Å². The summed E-state index contributed by atoms with van der Waals surface area (Å²) in [4.78, 5) is 0. The highest BCUT2D eigenvalue weighted by Crippen LogP contribution is 2.12. The first-order chi connectivity index (χ1) is 5.33. The highest BCUT2D eigenvalue weighted by Gasteiger charge is 1.98. The minimum atomic E-state index is 0.528. The van der Waals surface area contributed by atoms with E-state index >= 15 is 0 Å². The molecule has 2 N–H and O–H groups in total. The fraction of sp³-hybridized carbons (Fsp3) is 0.429. The Kier molecular flexibility index (Phi) is 2.87. The highest BCUT2D eigenvalue weighted by atomic mass is 32.1. The predicted molar refractivity (Wildman–Crippen MR) is 46.1 cm³/mol. The molecule has 3 nitrogen and oxygen atoms in total. The van der Waals surface area contributed by atoms with Crippen LogP contribution in [0, 0.1) is 12.3 Å². The zero-order chi connectivity index (χ0) is 8.10. The van der Waals surface area contributed by atoms with E-state index in [0.29, 0.717) is 5.13 Å². The molecule has 4 heteroatoms. The standard InChI is InChI=1S/C7H9N3S/c1-2-3-4-5-6-9-10-7(8)11-6/h1H,3-5H2,(H2,8,10). The summed E-state index contributed by atoms with van der Waals surface area (Å²) in [7, 11) is 0. The van der Waals surface area contributed by atoms with Gasteiger partial charge in [-0.15, -0.1) is 22.5 Å². The summed E-state index contributed by atoms with van der Waals surface area (Å²) in [6.07, 6.45) is 7.73. The number of nitrogens with two attached hydrogens (primary N) is 1. The van der Waals surface area contributed by atoms with Crippen LogP contribution in [0.1, 0.15) is 17.8 Å². The van der Waals surface area contributed by atoms with E-state index in [4.69, 9.17) is 12.2 Å². The quantitative estimate of drug-likeness (QED) is 0.541. The lowest BCUT2D eigenvalue weighted by Gasteiger charge is -1.87. The fourth-order valence-corrected chi connectivity index (χ4v) is 1.36. The lowest BCUT2D eigenvalue weighted by atomic mass is 10.2. The van der Waals surface area contributed by atoms with Gasteiger partial charge in [0, 0.05) is 12.8 Å². The van der Waals surface area contributed by atoms with Gasteiger partial charge in [0.2, 0.25) is 5.13 Å². The Balaban J connectivity index is 2.34. The number of nitrogen functional groups attached to an aromatic ring is 1. The lowest BCUT2D eigenvalue weighted by Crippen LogP contribution is -1.83. The molecule has 0 atom stereocenters. The van der Waals surface area contributed by atoms with Gasteiger partial charge in [0.1, 0.15) is 5.01 Å². The van der Waals surface area contributed by atoms with Gasteiger partial charge in [-0.25, -0.2) is 0 Å². The molecule has 58 valence electrons. The molecule has 1 rings (SSSR count). The number of nitrogens with zero attached hydrogens (tertiary/aromatic N) is 2. The second-order valence-electron chi connectivity index (χ2n) is 2.09. The molecule has 0 unspecified atom stereocenters. The summed E-state index contributed by atoms with van der Waals surface area (Å²) in [5, 5.41) is 9.05. The van der Waals surface area contributed by atoms with Crippen LogP contribution >= 0.6 is 11.3 Å². The average Bonchev–Trinajstić information content (AvgIpc) is 2.37. The van der Waals surface area contributed by atoms with Crippen LogP contribution in [-0.2, 0) is 6.42 Å². The summed E-state index contributed by atoms with van der Waals surface area (Å²) >= 11 is 1.43. The fourth-order valence-electron chi connectivity index (χ4n) is 0.709. The molecule has 0 radical (unpaired) electrons. The molecule has 11 heavy (non-hydrogen) atoms. The summed E-state index contributed by atoms with van der Waals surface area (Å²) in [5.41, 5.74) is 5.39. The SMILES string of the molecule is C#CCCCc1nnc(N)s1. The minimum Gasteiger partial charge on any atom is -0.374 e. The van der Waals surface area contributed by atoms with E-state index in [9.17, 15) is 0 Å². The third-order valence-electron chi connectivity index (χ3n) is 1.19. The van der Waals surface area contributed by atoms with Crippen molar-refractivity contribution in [2.24, 2.45) is 0 Å². The van der Waals surface area contributed by atoms with Crippen LogP contribution in [0.2, 0.25) is 0 Å². The normalized spacial score (nSPS) is 9.36. The van der Waals surface area contributed by atoms with Gasteiger partial charge in [0.25, 0.3) is 0 Å². The van der Waals surface area contributed by atoms with Crippen LogP contribution in [0.4, 0.5) is 5.13 Å². The van der Waals surface area contributed by atoms with Crippen molar-refractivity contribution in [2.45, 2.75) is 19.3 Å². The van der Waals surface area contributed by atoms with Crippen LogP contribution in [0.15, 0.2) is 0 Å². The third kappa shape index (κ3) is 2.56. The van der Waals surface area contributed by atoms with Gasteiger partial charge in [0.05, 0.1) is 0 Å². The number of hydrogen-bond acceptors (Lipinski definition) is 4. The van der Waals surface area contributed by atoms with Crippen molar-refractivity contribution >= 4 is 16.5 Å². The predicted octanol–water partition coefficient (Wildman–Crippen LogP) is 1.08. The van der Waals surface area contributed by atoms with Crippen LogP contribution < -0.4 is 5.73 Å². The topological polar surface area (TPSA) is 51.8 Å². The first kappa shape index (κ1) is 8.02. The van der Waals surface area contributed by atoms with Gasteiger partial charge in [-0.3, -0.25) is 0 Å². The Morgan fingerprint density at radius 1 is 1.55 bits per heavy atom. The van der Waals surface area contributed by atoms with Crippen molar-refractivity contribution in [3.8, 4) is 12.3 Å². The van der Waals surface area contributed by atoms with Crippen LogP contribution in [0.3, 0.4) is 0 Å². The highest BCUT2D eigenvalue weighted by molar-refractivity contribution is 7.15. The molecule has 0 saturated carbocycles. The molecule has 0 aliphatic carbocycles. The Labute approximate surface area is 69.6 Å². The van der Waals surface area contributed by atoms with Crippen LogP contribution in [0.5, 0.6) is 0 Å². The van der Waals surface area contributed by atoms with Crippen molar-refractivity contribution in [2.75, 3.05) is 5.73 Å². The maximum Gasteiger partial charge on any atom is 0.203 e. The molecule has 0 spiro atoms. The van der Waals surface area contributed by atoms with Crippen molar-refractivity contribution in [1.29, 1.82) is 0 Å². The average molecular weight is 167 g/mol. The molecule has 0 aliphatic rings. The Hall–Kier alpha value is -1.08. The number of unbranched alkanes of at least 4 members (excludes halogenated alkanes) is 1. The van der Waals surface area contributed by atoms with Crippen molar-refractivity contribution < 1.29 is 0 Å². The minimum absolute atomic E-state index is 0.528. The largest absolute Gasteiger partial charge is 0.374 e. The molecule has 0 saturated heterocycles. The second kappa shape index (κ2) is 3.94. The van der Waals surface area contributed by atoms with Gasteiger partial charge in [-0.1, -0.05) is 11.3 Å². The smallest absolute Gasteiger partial charge is 0.203 e. The zero-order valence-corrected chi connectivity index (χ0v) is 6.90. The number of aromatic nitrogens is 2. The van der Waals surface area contributed by atoms with E-state index in [-0.39, 0.29) is 0 Å². The van der Waals surface area contributed by atoms with E-state index in [1.54, 1.807) is 0 Å². The Bertz CT molecular complexity index is 261. The molecule has 1 aromatic heterocycles. The van der Waals surface area contributed by atoms with Gasteiger partial charge < -0.3 is 5.73 Å². The number of terminal acetylenes is 1. The third-order valence-corrected chi connectivity index (χ3v) is 2.01. The molecule has 0 amide bonds. The van der Waals surface area contributed by atoms with Gasteiger partial charge in [-0.2, -0.15) is 0 Å². The maximum absolute atomic E-state index is 5.39. The molecule has 0 aliphatic heterocycles. The van der Waals surface area contributed by atoms with Crippen molar-refractivity contribution in [3.05, 3.63) is 5.01 Å². The number of hydrogen-bond donors (Lipinski definition) is 1. The van der Waals surface area contributed by atoms with Gasteiger partial charge >= 0.3 is 0 Å². The second-order valence-corrected chi connectivity index (χ2v) is 3.19. The van der Waals surface area contributed by atoms with E-state index in [2.05, 4.69) is 16.1 Å². The van der Waals surface area contributed by atoms with E-state index in [0.717, 1.165) is 24.3 Å². The molecule has 1 heterocycles. The van der Waals surface area contributed by atoms with E-state index < -0.39 is 0 Å². The summed E-state index contributed by atoms with van der Waals surface area (Å²) in [5.74, 6) is 2.57. The van der Waals surface area contributed by atoms with Crippen molar-refractivity contribution in [3.63, 3.8) is 0 Å². The monoisotopic (exact) mass is 167 g/mol. The maximum atomic E-state index is 5.39. The van der Waals surface area contributed by atoms with E-state index in [1.165, 1.54) is 11.3 Å². The number of aryl methyl sites for hydroxylation is 1. The van der Waals surface area contributed by atoms with Gasteiger partial charge in [-0.05, 0) is 6.42 Å². The molecular weight excluding hydrogens is 158 g/mol. The molecular formula is C7H9N3S. The molecule has 0 bridgehead atoms. The summed E-state index contributed by atoms with van der Waals surface area (Å²) in [6, 6.07) is 0. The number of anilines is 1. The van der Waals surface area contributed by atoms with Crippen LogP contribution in [0.25, 0.3) is 0 Å². The summed E-state index contributed by atoms with van der Waals surface area (Å²) in [6.45, 7) is 0. The Morgan fingerprint density at radius 2 is 2.36 bits per heavy atom. The number of rotatable bonds is 3. The zero-order valence-electron chi connectivity index (χ0n) is 6.08. The molecule has 1 aromatic rings.